The summed E-state index contributed by atoms with van der Waals surface area (Å²) < 4.78 is 0. The lowest BCUT2D eigenvalue weighted by Crippen LogP contribution is -2.58. The summed E-state index contributed by atoms with van der Waals surface area (Å²) in [4.78, 5) is 65.0. The Bertz CT molecular complexity index is 1180. The van der Waals surface area contributed by atoms with Crippen molar-refractivity contribution < 1.29 is 34.2 Å². The second-order valence-electron chi connectivity index (χ2n) is 9.99. The Labute approximate surface area is 226 Å². The molecule has 2 aromatic rings. The molecule has 0 aliphatic carbocycles. The third-order valence-corrected chi connectivity index (χ3v) is 6.19. The van der Waals surface area contributed by atoms with Crippen LogP contribution in [0, 0.1) is 5.92 Å². The molecule has 0 aliphatic rings. The fourth-order valence-corrected chi connectivity index (χ4v) is 4.01. The van der Waals surface area contributed by atoms with E-state index in [1.165, 1.54) is 6.92 Å². The zero-order valence-corrected chi connectivity index (χ0v) is 22.3. The molecule has 0 saturated carbocycles. The van der Waals surface area contributed by atoms with Gasteiger partial charge >= 0.3 is 5.97 Å². The highest BCUT2D eigenvalue weighted by atomic mass is 16.4. The average Bonchev–Trinajstić information content (AvgIpc) is 3.27. The molecule has 5 unspecified atom stereocenters. The molecule has 10 N–H and O–H groups in total. The van der Waals surface area contributed by atoms with E-state index in [9.17, 15) is 34.2 Å². The van der Waals surface area contributed by atoms with E-state index in [0.29, 0.717) is 0 Å². The van der Waals surface area contributed by atoms with Gasteiger partial charge in [-0.05, 0) is 37.3 Å². The van der Waals surface area contributed by atoms with Crippen molar-refractivity contribution in [3.05, 3.63) is 36.0 Å². The predicted molar refractivity (Wildman–Crippen MR) is 143 cm³/mol. The monoisotopic (exact) mass is 546 g/mol. The summed E-state index contributed by atoms with van der Waals surface area (Å²) in [5, 5.41) is 27.6. The van der Waals surface area contributed by atoms with Gasteiger partial charge in [0.1, 0.15) is 24.2 Å². The number of para-hydroxylation sites is 1. The fraction of sp³-hybridized carbons (Fsp3) is 0.500. The molecule has 4 amide bonds. The minimum atomic E-state index is -1.39. The van der Waals surface area contributed by atoms with Crippen molar-refractivity contribution in [2.75, 3.05) is 0 Å². The standard InChI is InChI=1S/C26H38N6O7/c1-13(2)10-19(23(35)30-18(26(38)39)8-9-21(27)34)31-24(36)20(32-25(37)22(28)14(3)33)11-15-12-29-17-7-5-4-6-16(15)17/h4-7,12-14,18-20,22,29,33H,8-11,28H2,1-3H3,(H2,27,34)(H,30,35)(H,31,36)(H,32,37)(H,38,39). The van der Waals surface area contributed by atoms with E-state index in [2.05, 4.69) is 20.9 Å². The van der Waals surface area contributed by atoms with Crippen molar-refractivity contribution in [1.29, 1.82) is 0 Å². The summed E-state index contributed by atoms with van der Waals surface area (Å²) in [5.74, 6) is -4.35. The van der Waals surface area contributed by atoms with Crippen LogP contribution in [0.2, 0.25) is 0 Å². The number of aliphatic hydroxyl groups is 1. The van der Waals surface area contributed by atoms with E-state index < -0.39 is 59.9 Å². The van der Waals surface area contributed by atoms with Crippen molar-refractivity contribution in [1.82, 2.24) is 20.9 Å². The van der Waals surface area contributed by atoms with Gasteiger partial charge in [-0.2, -0.15) is 0 Å². The van der Waals surface area contributed by atoms with E-state index >= 15 is 0 Å². The molecule has 13 heteroatoms. The number of amides is 4. The highest BCUT2D eigenvalue weighted by molar-refractivity contribution is 5.95. The zero-order chi connectivity index (χ0) is 29.3. The molecule has 13 nitrogen and oxygen atoms in total. The molecule has 5 atom stereocenters. The lowest BCUT2D eigenvalue weighted by molar-refractivity contribution is -0.142. The van der Waals surface area contributed by atoms with Gasteiger partial charge in [-0.25, -0.2) is 4.79 Å². The number of hydrogen-bond donors (Lipinski definition) is 8. The average molecular weight is 547 g/mol. The SMILES string of the molecule is CC(C)CC(NC(=O)C(Cc1c[nH]c2ccccc12)NC(=O)C(N)C(C)O)C(=O)NC(CCC(N)=O)C(=O)O. The van der Waals surface area contributed by atoms with Gasteiger partial charge in [0.05, 0.1) is 6.10 Å². The van der Waals surface area contributed by atoms with Crippen LogP contribution < -0.4 is 27.4 Å². The Hall–Kier alpha value is -3.97. The molecular formula is C26H38N6O7. The van der Waals surface area contributed by atoms with Gasteiger partial charge in [-0.15, -0.1) is 0 Å². The number of fused-ring (bicyclic) bond motifs is 1. The summed E-state index contributed by atoms with van der Waals surface area (Å²) in [6.07, 6.45) is 0.284. The summed E-state index contributed by atoms with van der Waals surface area (Å²) in [7, 11) is 0. The van der Waals surface area contributed by atoms with Crippen LogP contribution in [-0.4, -0.2) is 75.1 Å². The number of hydrogen-bond acceptors (Lipinski definition) is 7. The van der Waals surface area contributed by atoms with Crippen molar-refractivity contribution in [2.45, 2.75) is 76.7 Å². The van der Waals surface area contributed by atoms with E-state index in [-0.39, 0.29) is 31.6 Å². The molecule has 39 heavy (non-hydrogen) atoms. The second-order valence-corrected chi connectivity index (χ2v) is 9.99. The van der Waals surface area contributed by atoms with Gasteiger partial charge in [0.2, 0.25) is 23.6 Å². The number of carbonyl (C=O) groups is 5. The fourth-order valence-electron chi connectivity index (χ4n) is 4.01. The van der Waals surface area contributed by atoms with Crippen molar-refractivity contribution in [3.8, 4) is 0 Å². The third kappa shape index (κ3) is 9.37. The molecule has 1 aromatic heterocycles. The number of nitrogens with one attached hydrogen (secondary N) is 4. The van der Waals surface area contributed by atoms with Gasteiger partial charge in [-0.1, -0.05) is 32.0 Å². The predicted octanol–water partition coefficient (Wildman–Crippen LogP) is -0.731. The van der Waals surface area contributed by atoms with E-state index in [1.54, 1.807) is 6.20 Å². The second kappa shape index (κ2) is 14.3. The van der Waals surface area contributed by atoms with Crippen LogP contribution >= 0.6 is 0 Å². The van der Waals surface area contributed by atoms with Gasteiger partial charge in [0.15, 0.2) is 0 Å². The first kappa shape index (κ1) is 31.2. The van der Waals surface area contributed by atoms with Crippen LogP contribution in [0.5, 0.6) is 0 Å². The van der Waals surface area contributed by atoms with E-state index in [0.717, 1.165) is 16.5 Å². The van der Waals surface area contributed by atoms with Crippen LogP contribution in [-0.2, 0) is 30.4 Å². The van der Waals surface area contributed by atoms with Crippen LogP contribution in [0.15, 0.2) is 30.5 Å². The molecule has 0 spiro atoms. The lowest BCUT2D eigenvalue weighted by atomic mass is 10.00. The largest absolute Gasteiger partial charge is 0.480 e. The molecule has 1 aromatic carbocycles. The number of primary amides is 1. The van der Waals surface area contributed by atoms with Crippen molar-refractivity contribution in [3.63, 3.8) is 0 Å². The first-order valence-electron chi connectivity index (χ1n) is 12.7. The molecule has 214 valence electrons. The van der Waals surface area contributed by atoms with Gasteiger partial charge < -0.3 is 42.6 Å². The number of benzene rings is 1. The highest BCUT2D eigenvalue weighted by Gasteiger charge is 2.32. The van der Waals surface area contributed by atoms with E-state index in [4.69, 9.17) is 11.5 Å². The summed E-state index contributed by atoms with van der Waals surface area (Å²) in [6.45, 7) is 4.99. The maximum atomic E-state index is 13.5. The quantitative estimate of drug-likeness (QED) is 0.142. The van der Waals surface area contributed by atoms with Gasteiger partial charge in [0.25, 0.3) is 0 Å². The number of aromatic amines is 1. The van der Waals surface area contributed by atoms with E-state index in [1.807, 2.05) is 38.1 Å². The van der Waals surface area contributed by atoms with Crippen LogP contribution in [0.25, 0.3) is 10.9 Å². The zero-order valence-electron chi connectivity index (χ0n) is 22.3. The van der Waals surface area contributed by atoms with Crippen molar-refractivity contribution in [2.24, 2.45) is 17.4 Å². The minimum absolute atomic E-state index is 0.0422. The molecule has 1 heterocycles. The normalized spacial score (nSPS) is 15.1. The molecule has 0 saturated heterocycles. The summed E-state index contributed by atoms with van der Waals surface area (Å²) in [5.41, 5.74) is 12.4. The number of rotatable bonds is 15. The Balaban J connectivity index is 2.29. The van der Waals surface area contributed by atoms with Crippen LogP contribution in [0.1, 0.15) is 45.6 Å². The third-order valence-electron chi connectivity index (χ3n) is 6.19. The number of H-pyrrole nitrogens is 1. The number of carbonyl (C=O) groups excluding carboxylic acids is 4. The molecule has 0 aliphatic heterocycles. The first-order valence-corrected chi connectivity index (χ1v) is 12.7. The smallest absolute Gasteiger partial charge is 0.326 e. The number of aromatic nitrogens is 1. The molecule has 2 rings (SSSR count). The molecule has 0 bridgehead atoms. The Morgan fingerprint density at radius 3 is 2.10 bits per heavy atom. The number of carboxylic acid groups (broad SMARTS) is 1. The Morgan fingerprint density at radius 1 is 0.923 bits per heavy atom. The maximum absolute atomic E-state index is 13.5. The number of carboxylic acids is 1. The molecular weight excluding hydrogens is 508 g/mol. The van der Waals surface area contributed by atoms with Crippen LogP contribution in [0.3, 0.4) is 0 Å². The summed E-state index contributed by atoms with van der Waals surface area (Å²) >= 11 is 0. The molecule has 0 fully saturated rings. The lowest BCUT2D eigenvalue weighted by Gasteiger charge is -2.26. The number of aliphatic hydroxyl groups excluding tert-OH is 1. The maximum Gasteiger partial charge on any atom is 0.326 e. The van der Waals surface area contributed by atoms with Crippen molar-refractivity contribution >= 4 is 40.5 Å². The Morgan fingerprint density at radius 2 is 1.51 bits per heavy atom. The molecule has 0 radical (unpaired) electrons. The minimum Gasteiger partial charge on any atom is -0.480 e. The summed E-state index contributed by atoms with van der Waals surface area (Å²) in [6, 6.07) is 2.40. The Kier molecular flexibility index (Phi) is 11.4. The highest BCUT2D eigenvalue weighted by Crippen LogP contribution is 2.19. The topological polar surface area (TPSA) is 230 Å². The van der Waals surface area contributed by atoms with Crippen LogP contribution in [0.4, 0.5) is 0 Å². The van der Waals surface area contributed by atoms with Gasteiger partial charge in [0, 0.05) is 29.9 Å². The van der Waals surface area contributed by atoms with Gasteiger partial charge in [-0.3, -0.25) is 19.2 Å². The first-order chi connectivity index (χ1) is 18.3. The number of nitrogens with two attached hydrogens (primary N) is 2. The number of aliphatic carboxylic acids is 1.